The van der Waals surface area contributed by atoms with Crippen LogP contribution >= 0.6 is 0 Å². The van der Waals surface area contributed by atoms with Crippen molar-refractivity contribution in [3.05, 3.63) is 59.7 Å². The van der Waals surface area contributed by atoms with Gasteiger partial charge in [-0.15, -0.1) is 0 Å². The second-order valence-electron chi connectivity index (χ2n) is 9.10. The van der Waals surface area contributed by atoms with E-state index in [-0.39, 0.29) is 19.2 Å². The molecule has 0 saturated heterocycles. The van der Waals surface area contributed by atoms with E-state index in [9.17, 15) is 9.59 Å². The van der Waals surface area contributed by atoms with Crippen LogP contribution in [0.1, 0.15) is 68.8 Å². The van der Waals surface area contributed by atoms with Crippen molar-refractivity contribution in [2.75, 3.05) is 34.4 Å². The number of rotatable bonds is 14. The van der Waals surface area contributed by atoms with Crippen molar-refractivity contribution in [2.24, 2.45) is 0 Å². The summed E-state index contributed by atoms with van der Waals surface area (Å²) < 4.78 is 11.9. The van der Waals surface area contributed by atoms with Gasteiger partial charge in [0.1, 0.15) is 11.4 Å². The Kier molecular flexibility index (Phi) is 12.5. The molecule has 2 aromatic carbocycles. The van der Waals surface area contributed by atoms with Gasteiger partial charge in [0.25, 0.3) is 0 Å². The monoisotopic (exact) mass is 456 g/mol. The minimum Gasteiger partial charge on any atom is -0.493 e. The third-order valence-electron chi connectivity index (χ3n) is 5.39. The molecule has 0 fully saturated rings. The van der Waals surface area contributed by atoms with Crippen molar-refractivity contribution in [3.8, 4) is 5.75 Å². The molecule has 0 aliphatic carbocycles. The van der Waals surface area contributed by atoms with Gasteiger partial charge in [-0.05, 0) is 49.6 Å². The number of nitrogens with zero attached hydrogens (tertiary/aromatic N) is 1. The van der Waals surface area contributed by atoms with E-state index >= 15 is 0 Å². The number of ketones is 1. The molecule has 0 radical (unpaired) electrons. The predicted octanol–water partition coefficient (Wildman–Crippen LogP) is 6.23. The number of para-hydroxylation sites is 1. The number of quaternary nitrogens is 1. The fraction of sp³-hybridized carbons (Fsp3) is 0.500. The van der Waals surface area contributed by atoms with Crippen LogP contribution in [-0.4, -0.2) is 46.1 Å². The summed E-state index contributed by atoms with van der Waals surface area (Å²) in [6, 6.07) is 15.5. The van der Waals surface area contributed by atoms with E-state index in [1.54, 1.807) is 13.0 Å². The molecule has 182 valence electrons. The van der Waals surface area contributed by atoms with Crippen LogP contribution in [0.25, 0.3) is 0 Å². The van der Waals surface area contributed by atoms with E-state index in [0.29, 0.717) is 30.9 Å². The molecule has 0 atom stereocenters. The van der Waals surface area contributed by atoms with Crippen LogP contribution in [0.3, 0.4) is 0 Å². The molecule has 0 aliphatic rings. The van der Waals surface area contributed by atoms with Gasteiger partial charge in [-0.3, -0.25) is 14.1 Å². The van der Waals surface area contributed by atoms with E-state index in [1.165, 1.54) is 5.69 Å². The van der Waals surface area contributed by atoms with Gasteiger partial charge in [0.15, 0.2) is 5.78 Å². The highest BCUT2D eigenvalue weighted by Crippen LogP contribution is 2.19. The first-order chi connectivity index (χ1) is 15.3. The topological polar surface area (TPSA) is 52.6 Å². The van der Waals surface area contributed by atoms with E-state index in [2.05, 4.69) is 33.3 Å². The molecule has 5 heteroatoms. The summed E-state index contributed by atoms with van der Waals surface area (Å²) in [5, 5.41) is 0. The molecule has 2 aromatic rings. The first-order valence-corrected chi connectivity index (χ1v) is 11.6. The molecular formula is C28H42NO4+. The third-order valence-corrected chi connectivity index (χ3v) is 5.39. The minimum atomic E-state index is -0.161. The molecular weight excluding hydrogens is 414 g/mol. The normalized spacial score (nSPS) is 10.9. The van der Waals surface area contributed by atoms with E-state index in [0.717, 1.165) is 48.6 Å². The minimum absolute atomic E-state index is 0. The Morgan fingerprint density at radius 1 is 0.788 bits per heavy atom. The number of Topliss-reactive ketones (excluding diaryl/α,β-unsaturated/α-hetero) is 1. The molecule has 0 spiro atoms. The summed E-state index contributed by atoms with van der Waals surface area (Å²) in [7, 11) is 6.35. The highest BCUT2D eigenvalue weighted by molar-refractivity contribution is 5.96. The number of carbonyl (C=O) groups excluding carboxylic acids is 2. The summed E-state index contributed by atoms with van der Waals surface area (Å²) >= 11 is 0. The van der Waals surface area contributed by atoms with Crippen LogP contribution < -0.4 is 9.22 Å². The molecule has 5 nitrogen and oxygen atoms in total. The van der Waals surface area contributed by atoms with Crippen LogP contribution in [-0.2, 0) is 16.0 Å². The van der Waals surface area contributed by atoms with Crippen molar-refractivity contribution >= 4 is 17.4 Å². The van der Waals surface area contributed by atoms with Crippen LogP contribution in [0.4, 0.5) is 5.69 Å². The highest BCUT2D eigenvalue weighted by atomic mass is 16.5. The lowest BCUT2D eigenvalue weighted by molar-refractivity contribution is -0.142. The maximum Gasteiger partial charge on any atom is 0.310 e. The van der Waals surface area contributed by atoms with Crippen LogP contribution in [0.15, 0.2) is 48.5 Å². The molecule has 0 aromatic heterocycles. The Bertz CT molecular complexity index is 853. The molecule has 2 rings (SSSR count). The molecule has 0 N–H and O–H groups in total. The highest BCUT2D eigenvalue weighted by Gasteiger charge is 2.12. The fourth-order valence-electron chi connectivity index (χ4n) is 3.44. The van der Waals surface area contributed by atoms with Gasteiger partial charge in [-0.2, -0.15) is 0 Å². The first-order valence-electron chi connectivity index (χ1n) is 11.6. The average Bonchev–Trinajstić information content (AvgIpc) is 2.75. The van der Waals surface area contributed by atoms with E-state index < -0.39 is 0 Å². The SMILES string of the molecule is C.CC(=O)c1ccccc1OCCCCCCCCOC(=O)Cc1ccc([N+](C)(C)C)cc1. The Morgan fingerprint density at radius 3 is 1.97 bits per heavy atom. The van der Waals surface area contributed by atoms with Crippen molar-refractivity contribution in [1.29, 1.82) is 0 Å². The van der Waals surface area contributed by atoms with Gasteiger partial charge in [-0.25, -0.2) is 0 Å². The zero-order valence-corrected chi connectivity index (χ0v) is 20.1. The summed E-state index contributed by atoms with van der Waals surface area (Å²) in [4.78, 5) is 23.6. The zero-order chi connectivity index (χ0) is 23.4. The number of hydrogen-bond donors (Lipinski definition) is 0. The Hall–Kier alpha value is -2.66. The number of esters is 1. The lowest BCUT2D eigenvalue weighted by atomic mass is 10.1. The van der Waals surface area contributed by atoms with Crippen LogP contribution in [0, 0.1) is 0 Å². The number of hydrogen-bond acceptors (Lipinski definition) is 4. The quantitative estimate of drug-likeness (QED) is 0.146. The second kappa shape index (κ2) is 14.5. The van der Waals surface area contributed by atoms with Crippen LogP contribution in [0.2, 0.25) is 0 Å². The van der Waals surface area contributed by atoms with E-state index in [4.69, 9.17) is 9.47 Å². The molecule has 0 saturated carbocycles. The smallest absolute Gasteiger partial charge is 0.310 e. The standard InChI is InChI=1S/C27H38NO4.CH4/c1-22(29)25-13-9-10-14-26(25)31-19-11-7-5-6-8-12-20-32-27(30)21-23-15-17-24(18-16-23)28(2,3)4;/h9-10,13-18H,5-8,11-12,19-21H2,1-4H3;1H4/q+1;. The lowest BCUT2D eigenvalue weighted by Crippen LogP contribution is -2.34. The van der Waals surface area contributed by atoms with E-state index in [1.807, 2.05) is 30.3 Å². The van der Waals surface area contributed by atoms with Gasteiger partial charge < -0.3 is 9.47 Å². The van der Waals surface area contributed by atoms with Gasteiger partial charge in [0, 0.05) is 0 Å². The molecule has 0 amide bonds. The summed E-state index contributed by atoms with van der Waals surface area (Å²) in [5.41, 5.74) is 2.83. The van der Waals surface area contributed by atoms with Gasteiger partial charge in [-0.1, -0.05) is 57.4 Å². The van der Waals surface area contributed by atoms with Gasteiger partial charge in [0.2, 0.25) is 0 Å². The zero-order valence-electron chi connectivity index (χ0n) is 20.1. The number of carbonyl (C=O) groups is 2. The maximum absolute atomic E-state index is 12.0. The van der Waals surface area contributed by atoms with Crippen molar-refractivity contribution in [2.45, 2.75) is 59.3 Å². The van der Waals surface area contributed by atoms with Crippen molar-refractivity contribution < 1.29 is 19.1 Å². The van der Waals surface area contributed by atoms with Crippen molar-refractivity contribution in [3.63, 3.8) is 0 Å². The molecule has 0 heterocycles. The lowest BCUT2D eigenvalue weighted by Gasteiger charge is -2.23. The number of ether oxygens (including phenoxy) is 2. The average molecular weight is 457 g/mol. The number of benzene rings is 2. The maximum atomic E-state index is 12.0. The van der Waals surface area contributed by atoms with Crippen molar-refractivity contribution in [1.82, 2.24) is 4.48 Å². The Morgan fingerprint density at radius 2 is 1.36 bits per heavy atom. The molecule has 0 unspecified atom stereocenters. The van der Waals surface area contributed by atoms with Gasteiger partial charge in [0.05, 0.1) is 46.3 Å². The third kappa shape index (κ3) is 10.7. The molecule has 0 aliphatic heterocycles. The Balaban J connectivity index is 0.00000544. The fourth-order valence-corrected chi connectivity index (χ4v) is 3.44. The molecule has 0 bridgehead atoms. The van der Waals surface area contributed by atoms with Crippen LogP contribution in [0.5, 0.6) is 5.75 Å². The summed E-state index contributed by atoms with van der Waals surface area (Å²) in [6.45, 7) is 2.67. The second-order valence-corrected chi connectivity index (χ2v) is 9.10. The summed E-state index contributed by atoms with van der Waals surface area (Å²) in [5.74, 6) is 0.538. The Labute approximate surface area is 200 Å². The molecule has 33 heavy (non-hydrogen) atoms. The number of unbranched alkanes of at least 4 members (excludes halogenated alkanes) is 5. The predicted molar refractivity (Wildman–Crippen MR) is 137 cm³/mol. The summed E-state index contributed by atoms with van der Waals surface area (Å²) in [6.07, 6.45) is 6.58. The largest absolute Gasteiger partial charge is 0.493 e. The first kappa shape index (κ1) is 28.4. The van der Waals surface area contributed by atoms with Gasteiger partial charge >= 0.3 is 5.97 Å².